The van der Waals surface area contributed by atoms with Crippen molar-refractivity contribution < 1.29 is 31.5 Å². The molecule has 0 bridgehead atoms. The van der Waals surface area contributed by atoms with E-state index in [9.17, 15) is 31.5 Å². The molecule has 0 saturated carbocycles. The van der Waals surface area contributed by atoms with Crippen LogP contribution in [0.3, 0.4) is 0 Å². The molecule has 10 heteroatoms. The zero-order chi connectivity index (χ0) is 21.3. The van der Waals surface area contributed by atoms with E-state index >= 15 is 0 Å². The third-order valence-corrected chi connectivity index (χ3v) is 4.31. The molecule has 2 aromatic carbocycles. The average Bonchev–Trinajstić information content (AvgIpc) is 2.60. The SMILES string of the molecule is C=C1NC(=O)N[C@@H](c2ccc(F)cc2F)[C@@H]1C(=O)Nc1cccc(C(F)(F)F)c1. The molecule has 0 spiro atoms. The zero-order valence-corrected chi connectivity index (χ0v) is 14.6. The summed E-state index contributed by atoms with van der Waals surface area (Å²) in [6.07, 6.45) is -4.61. The molecule has 152 valence electrons. The largest absolute Gasteiger partial charge is 0.416 e. The molecule has 3 N–H and O–H groups in total. The van der Waals surface area contributed by atoms with Gasteiger partial charge in [-0.1, -0.05) is 18.7 Å². The van der Waals surface area contributed by atoms with Gasteiger partial charge in [0.05, 0.1) is 11.6 Å². The second-order valence-corrected chi connectivity index (χ2v) is 6.31. The summed E-state index contributed by atoms with van der Waals surface area (Å²) in [6, 6.07) is 4.55. The Morgan fingerprint density at radius 3 is 2.48 bits per heavy atom. The Balaban J connectivity index is 1.92. The van der Waals surface area contributed by atoms with Crippen LogP contribution in [0.5, 0.6) is 0 Å². The molecule has 3 rings (SSSR count). The summed E-state index contributed by atoms with van der Waals surface area (Å²) in [6.45, 7) is 3.58. The molecule has 2 atom stereocenters. The summed E-state index contributed by atoms with van der Waals surface area (Å²) in [7, 11) is 0. The van der Waals surface area contributed by atoms with Crippen molar-refractivity contribution in [2.45, 2.75) is 12.2 Å². The smallest absolute Gasteiger partial charge is 0.330 e. The van der Waals surface area contributed by atoms with Gasteiger partial charge in [-0.15, -0.1) is 0 Å². The lowest BCUT2D eigenvalue weighted by atomic mass is 9.88. The lowest BCUT2D eigenvalue weighted by molar-refractivity contribution is -0.137. The summed E-state index contributed by atoms with van der Waals surface area (Å²) in [5, 5.41) is 6.95. The van der Waals surface area contributed by atoms with Gasteiger partial charge in [-0.25, -0.2) is 13.6 Å². The number of carbonyl (C=O) groups is 2. The molecular formula is C19H14F5N3O2. The van der Waals surface area contributed by atoms with Gasteiger partial charge in [0.25, 0.3) is 0 Å². The Labute approximate surface area is 161 Å². The highest BCUT2D eigenvalue weighted by Gasteiger charge is 2.39. The van der Waals surface area contributed by atoms with Crippen molar-refractivity contribution in [3.63, 3.8) is 0 Å². The molecular weight excluding hydrogens is 397 g/mol. The number of alkyl halides is 3. The molecule has 0 unspecified atom stereocenters. The number of urea groups is 1. The lowest BCUT2D eigenvalue weighted by Gasteiger charge is -2.34. The van der Waals surface area contributed by atoms with E-state index in [1.165, 1.54) is 6.07 Å². The lowest BCUT2D eigenvalue weighted by Crippen LogP contribution is -2.52. The van der Waals surface area contributed by atoms with Crippen LogP contribution in [-0.2, 0) is 11.0 Å². The Kier molecular flexibility index (Phi) is 5.27. The van der Waals surface area contributed by atoms with Gasteiger partial charge in [0.15, 0.2) is 0 Å². The fourth-order valence-electron chi connectivity index (χ4n) is 3.00. The maximum atomic E-state index is 14.2. The molecule has 29 heavy (non-hydrogen) atoms. The summed E-state index contributed by atoms with van der Waals surface area (Å²) in [4.78, 5) is 24.5. The second kappa shape index (κ2) is 7.53. The Hall–Kier alpha value is -3.43. The van der Waals surface area contributed by atoms with Crippen LogP contribution >= 0.6 is 0 Å². The van der Waals surface area contributed by atoms with Crippen molar-refractivity contribution in [2.24, 2.45) is 5.92 Å². The first-order chi connectivity index (χ1) is 13.6. The van der Waals surface area contributed by atoms with Crippen molar-refractivity contribution in [2.75, 3.05) is 5.32 Å². The molecule has 0 aromatic heterocycles. The van der Waals surface area contributed by atoms with Crippen molar-refractivity contribution in [3.05, 3.63) is 77.5 Å². The standard InChI is InChI=1S/C19H14F5N3O2/c1-9-15(17(28)26-12-4-2-3-10(7-12)19(22,23)24)16(27-18(29)25-9)13-6-5-11(20)8-14(13)21/h2-8,15-16H,1H2,(H,26,28)(H2,25,27,29)/t15-,16+/m1/s1. The van der Waals surface area contributed by atoms with Crippen molar-refractivity contribution >= 4 is 17.6 Å². The molecule has 1 aliphatic heterocycles. The predicted octanol–water partition coefficient (Wildman–Crippen LogP) is 4.11. The molecule has 1 fully saturated rings. The van der Waals surface area contributed by atoms with Gasteiger partial charge >= 0.3 is 12.2 Å². The van der Waals surface area contributed by atoms with E-state index in [2.05, 4.69) is 22.5 Å². The van der Waals surface area contributed by atoms with Crippen LogP contribution in [0, 0.1) is 17.6 Å². The van der Waals surface area contributed by atoms with E-state index in [1.54, 1.807) is 0 Å². The average molecular weight is 411 g/mol. The van der Waals surface area contributed by atoms with Gasteiger partial charge in [0.2, 0.25) is 5.91 Å². The number of carbonyl (C=O) groups excluding carboxylic acids is 2. The third-order valence-electron chi connectivity index (χ3n) is 4.31. The molecule has 1 saturated heterocycles. The van der Waals surface area contributed by atoms with Crippen LogP contribution in [0.4, 0.5) is 32.4 Å². The van der Waals surface area contributed by atoms with Gasteiger partial charge in [-0.3, -0.25) is 4.79 Å². The van der Waals surface area contributed by atoms with Gasteiger partial charge < -0.3 is 16.0 Å². The summed E-state index contributed by atoms with van der Waals surface area (Å²) in [5.74, 6) is -3.96. The first-order valence-corrected chi connectivity index (χ1v) is 8.25. The fourth-order valence-corrected chi connectivity index (χ4v) is 3.00. The van der Waals surface area contributed by atoms with Crippen LogP contribution in [0.15, 0.2) is 54.7 Å². The second-order valence-electron chi connectivity index (χ2n) is 6.31. The topological polar surface area (TPSA) is 70.2 Å². The highest BCUT2D eigenvalue weighted by atomic mass is 19.4. The van der Waals surface area contributed by atoms with Crippen molar-refractivity contribution in [3.8, 4) is 0 Å². The highest BCUT2D eigenvalue weighted by Crippen LogP contribution is 2.34. The predicted molar refractivity (Wildman–Crippen MR) is 93.5 cm³/mol. The molecule has 1 heterocycles. The van der Waals surface area contributed by atoms with Crippen LogP contribution in [0.25, 0.3) is 0 Å². The number of hydrogen-bond acceptors (Lipinski definition) is 2. The van der Waals surface area contributed by atoms with Crippen molar-refractivity contribution in [1.82, 2.24) is 10.6 Å². The number of rotatable bonds is 3. The first kappa shape index (κ1) is 20.3. The minimum atomic E-state index is -4.61. The molecule has 2 aromatic rings. The molecule has 1 aliphatic rings. The number of halogens is 5. The minimum Gasteiger partial charge on any atom is -0.330 e. The number of benzene rings is 2. The minimum absolute atomic E-state index is 0.0908. The van der Waals surface area contributed by atoms with E-state index < -0.39 is 47.3 Å². The monoisotopic (exact) mass is 411 g/mol. The number of amides is 3. The summed E-state index contributed by atoms with van der Waals surface area (Å²) < 4.78 is 66.1. The van der Waals surface area contributed by atoms with Gasteiger partial charge in [0, 0.05) is 23.0 Å². The van der Waals surface area contributed by atoms with Crippen molar-refractivity contribution in [1.29, 1.82) is 0 Å². The third kappa shape index (κ3) is 4.36. The maximum absolute atomic E-state index is 14.2. The van der Waals surface area contributed by atoms with E-state index in [1.807, 2.05) is 0 Å². The summed E-state index contributed by atoms with van der Waals surface area (Å²) >= 11 is 0. The molecule has 5 nitrogen and oxygen atoms in total. The summed E-state index contributed by atoms with van der Waals surface area (Å²) in [5.41, 5.74) is -1.38. The van der Waals surface area contributed by atoms with Gasteiger partial charge in [-0.05, 0) is 24.3 Å². The van der Waals surface area contributed by atoms with E-state index in [0.717, 1.165) is 30.3 Å². The maximum Gasteiger partial charge on any atom is 0.416 e. The zero-order valence-electron chi connectivity index (χ0n) is 14.6. The van der Waals surface area contributed by atoms with Crippen LogP contribution < -0.4 is 16.0 Å². The van der Waals surface area contributed by atoms with Gasteiger partial charge in [-0.2, -0.15) is 13.2 Å². The van der Waals surface area contributed by atoms with E-state index in [-0.39, 0.29) is 16.9 Å². The molecule has 3 amide bonds. The molecule has 0 radical (unpaired) electrons. The highest BCUT2D eigenvalue weighted by molar-refractivity contribution is 5.97. The van der Waals surface area contributed by atoms with Crippen LogP contribution in [0.1, 0.15) is 17.2 Å². The Morgan fingerprint density at radius 2 is 1.83 bits per heavy atom. The van der Waals surface area contributed by atoms with E-state index in [4.69, 9.17) is 0 Å². The van der Waals surface area contributed by atoms with Gasteiger partial charge in [0.1, 0.15) is 17.6 Å². The fraction of sp³-hybridized carbons (Fsp3) is 0.158. The Morgan fingerprint density at radius 1 is 1.10 bits per heavy atom. The number of anilines is 1. The molecule has 0 aliphatic carbocycles. The normalized spacial score (nSPS) is 19.3. The van der Waals surface area contributed by atoms with Crippen LogP contribution in [-0.4, -0.2) is 11.9 Å². The van der Waals surface area contributed by atoms with E-state index in [0.29, 0.717) is 6.07 Å². The number of hydrogen-bond donors (Lipinski definition) is 3. The first-order valence-electron chi connectivity index (χ1n) is 8.25. The Bertz CT molecular complexity index is 990. The number of nitrogens with one attached hydrogen (secondary N) is 3. The quantitative estimate of drug-likeness (QED) is 0.666. The van der Waals surface area contributed by atoms with Crippen LogP contribution in [0.2, 0.25) is 0 Å².